The lowest BCUT2D eigenvalue weighted by molar-refractivity contribution is -0.469. The smallest absolute Gasteiger partial charge is 0.390 e. The fraction of sp³-hybridized carbons (Fsp3) is 1.00. The van der Waals surface area contributed by atoms with Crippen LogP contribution in [0.4, 0.5) is 61.5 Å². The molecule has 1 unspecified atom stereocenters. The van der Waals surface area contributed by atoms with E-state index in [4.69, 9.17) is 5.11 Å². The van der Waals surface area contributed by atoms with Crippen LogP contribution in [0.2, 0.25) is 0 Å². The first-order valence-electron chi connectivity index (χ1n) is 5.07. The molecule has 1 N–H and O–H groups in total. The number of hydrogen-bond acceptors (Lipinski definition) is 2. The van der Waals surface area contributed by atoms with E-state index in [9.17, 15) is 61.5 Å². The minimum absolute atomic E-state index is 1.70. The number of ether oxygens (including phenoxy) is 1. The van der Waals surface area contributed by atoms with E-state index in [1.165, 1.54) is 0 Å². The van der Waals surface area contributed by atoms with Crippen LogP contribution in [0.15, 0.2) is 0 Å². The molecule has 0 fully saturated rings. The minimum atomic E-state index is -7.76. The summed E-state index contributed by atoms with van der Waals surface area (Å²) in [6.45, 7) is -3.22. The maximum Gasteiger partial charge on any atom is 0.445 e. The lowest BCUT2D eigenvalue weighted by atomic mass is 9.98. The Labute approximate surface area is 122 Å². The second kappa shape index (κ2) is 6.03. The minimum Gasteiger partial charge on any atom is -0.390 e. The summed E-state index contributed by atoms with van der Waals surface area (Å²) in [5.74, 6) is -29.3. The van der Waals surface area contributed by atoms with Crippen LogP contribution in [0.3, 0.4) is 0 Å². The first-order valence-corrected chi connectivity index (χ1v) is 5.07. The zero-order valence-electron chi connectivity index (χ0n) is 10.4. The average Bonchev–Trinajstić information content (AvgIpc) is 2.35. The van der Waals surface area contributed by atoms with Gasteiger partial charge in [-0.15, -0.1) is 0 Å². The third-order valence-corrected chi connectivity index (χ3v) is 2.32. The highest BCUT2D eigenvalue weighted by atomic mass is 19.4. The average molecular weight is 398 g/mol. The quantitative estimate of drug-likeness (QED) is 0.658. The molecule has 146 valence electrons. The highest BCUT2D eigenvalue weighted by molar-refractivity contribution is 5.06. The van der Waals surface area contributed by atoms with Crippen LogP contribution >= 0.6 is 0 Å². The van der Waals surface area contributed by atoms with E-state index in [0.29, 0.717) is 0 Å². The Kier molecular flexibility index (Phi) is 5.76. The van der Waals surface area contributed by atoms with Gasteiger partial charge < -0.3 is 5.11 Å². The molecule has 0 saturated heterocycles. The van der Waals surface area contributed by atoms with Gasteiger partial charge in [0.25, 0.3) is 6.36 Å². The molecule has 0 aromatic rings. The molecule has 0 saturated carbocycles. The standard InChI is InChI=1S/C8H4F14O2/c9-2(4(12,13)14)24-8(21,22)7(19,20)6(17,18)5(15,16)3(10,11)1-23/h2,23H,1H2. The zero-order chi connectivity index (χ0) is 20.0. The van der Waals surface area contributed by atoms with Crippen LogP contribution in [-0.2, 0) is 4.74 Å². The van der Waals surface area contributed by atoms with Gasteiger partial charge in [0, 0.05) is 0 Å². The molecular formula is C8H4F14O2. The fourth-order valence-corrected chi connectivity index (χ4v) is 0.980. The number of aliphatic hydroxyl groups excluding tert-OH is 1. The predicted octanol–water partition coefficient (Wildman–Crippen LogP) is 3.99. The van der Waals surface area contributed by atoms with Gasteiger partial charge in [0.1, 0.15) is 6.61 Å². The van der Waals surface area contributed by atoms with E-state index >= 15 is 0 Å². The fourth-order valence-electron chi connectivity index (χ4n) is 0.980. The van der Waals surface area contributed by atoms with Crippen molar-refractivity contribution in [3.8, 4) is 0 Å². The van der Waals surface area contributed by atoms with E-state index in [1.54, 1.807) is 4.74 Å². The lowest BCUT2D eigenvalue weighted by Crippen LogP contribution is -2.68. The molecule has 1 atom stereocenters. The van der Waals surface area contributed by atoms with Crippen molar-refractivity contribution in [1.29, 1.82) is 0 Å². The van der Waals surface area contributed by atoms with Gasteiger partial charge in [-0.3, -0.25) is 4.74 Å². The summed E-state index contributed by atoms with van der Waals surface area (Å²) in [6, 6.07) is 0. The van der Waals surface area contributed by atoms with Crippen molar-refractivity contribution < 1.29 is 71.3 Å². The third-order valence-electron chi connectivity index (χ3n) is 2.32. The molecule has 0 radical (unpaired) electrons. The first-order chi connectivity index (χ1) is 10.2. The number of alkyl halides is 14. The maximum absolute atomic E-state index is 12.8. The van der Waals surface area contributed by atoms with Gasteiger partial charge in [0.2, 0.25) is 0 Å². The normalized spacial score (nSPS) is 17.1. The van der Waals surface area contributed by atoms with Crippen LogP contribution in [0, 0.1) is 0 Å². The van der Waals surface area contributed by atoms with E-state index in [-0.39, 0.29) is 0 Å². The van der Waals surface area contributed by atoms with Crippen LogP contribution in [0.5, 0.6) is 0 Å². The van der Waals surface area contributed by atoms with Crippen molar-refractivity contribution in [1.82, 2.24) is 0 Å². The number of rotatable bonds is 7. The van der Waals surface area contributed by atoms with E-state index in [2.05, 4.69) is 0 Å². The monoisotopic (exact) mass is 398 g/mol. The summed E-state index contributed by atoms with van der Waals surface area (Å²) in [5.41, 5.74) is 0. The van der Waals surface area contributed by atoms with Crippen molar-refractivity contribution in [2.24, 2.45) is 0 Å². The Morgan fingerprint density at radius 1 is 0.667 bits per heavy atom. The van der Waals surface area contributed by atoms with Gasteiger partial charge in [-0.05, 0) is 0 Å². The Morgan fingerprint density at radius 3 is 1.33 bits per heavy atom. The van der Waals surface area contributed by atoms with Gasteiger partial charge in [0.15, 0.2) is 0 Å². The van der Waals surface area contributed by atoms with Crippen molar-refractivity contribution >= 4 is 0 Å². The Balaban J connectivity index is 5.93. The Bertz CT molecular complexity index is 441. The zero-order valence-corrected chi connectivity index (χ0v) is 10.4. The SMILES string of the molecule is OCC(F)(F)C(F)(F)C(F)(F)C(F)(F)C(F)(F)OC(F)C(F)(F)F. The molecule has 0 amide bonds. The summed E-state index contributed by atoms with van der Waals surface area (Å²) >= 11 is 0. The van der Waals surface area contributed by atoms with Crippen LogP contribution < -0.4 is 0 Å². The molecule has 2 nitrogen and oxygen atoms in total. The largest absolute Gasteiger partial charge is 0.445 e. The summed E-state index contributed by atoms with van der Waals surface area (Å²) < 4.78 is 176. The first kappa shape index (κ1) is 22.9. The molecule has 0 aliphatic heterocycles. The molecule has 0 bridgehead atoms. The van der Waals surface area contributed by atoms with Crippen molar-refractivity contribution in [3.63, 3.8) is 0 Å². The van der Waals surface area contributed by atoms with Crippen molar-refractivity contribution in [3.05, 3.63) is 0 Å². The van der Waals surface area contributed by atoms with Gasteiger partial charge in [-0.1, -0.05) is 0 Å². The van der Waals surface area contributed by atoms with E-state index in [1.807, 2.05) is 0 Å². The second-order valence-corrected chi connectivity index (χ2v) is 4.08. The summed E-state index contributed by atoms with van der Waals surface area (Å²) in [6.07, 6.45) is -19.1. The van der Waals surface area contributed by atoms with E-state index in [0.717, 1.165) is 0 Å². The van der Waals surface area contributed by atoms with Gasteiger partial charge in [-0.25, -0.2) is 4.39 Å². The molecule has 0 spiro atoms. The molecule has 0 aromatic heterocycles. The maximum atomic E-state index is 12.8. The number of hydrogen-bond donors (Lipinski definition) is 1. The van der Waals surface area contributed by atoms with Gasteiger partial charge in [0.05, 0.1) is 0 Å². The predicted molar refractivity (Wildman–Crippen MR) is 43.9 cm³/mol. The molecule has 16 heteroatoms. The molecule has 0 aliphatic carbocycles. The molecule has 0 aliphatic rings. The van der Waals surface area contributed by atoms with Crippen LogP contribution in [-0.4, -0.2) is 54.0 Å². The Hall–Kier alpha value is -1.06. The highest BCUT2D eigenvalue weighted by Gasteiger charge is 2.87. The third kappa shape index (κ3) is 3.48. The number of halogens is 14. The molecule has 0 aromatic carbocycles. The van der Waals surface area contributed by atoms with Crippen LogP contribution in [0.25, 0.3) is 0 Å². The number of aliphatic hydroxyl groups is 1. The highest BCUT2D eigenvalue weighted by Crippen LogP contribution is 2.57. The second-order valence-electron chi connectivity index (χ2n) is 4.08. The molecule has 0 heterocycles. The van der Waals surface area contributed by atoms with Gasteiger partial charge in [-0.2, -0.15) is 57.1 Å². The lowest BCUT2D eigenvalue weighted by Gasteiger charge is -2.38. The molecular weight excluding hydrogens is 394 g/mol. The van der Waals surface area contributed by atoms with Crippen LogP contribution in [0.1, 0.15) is 0 Å². The molecule has 0 rings (SSSR count). The summed E-state index contributed by atoms with van der Waals surface area (Å²) in [7, 11) is 0. The Morgan fingerprint density at radius 2 is 1.04 bits per heavy atom. The van der Waals surface area contributed by atoms with Gasteiger partial charge >= 0.3 is 36.0 Å². The topological polar surface area (TPSA) is 29.5 Å². The van der Waals surface area contributed by atoms with Crippen molar-refractivity contribution in [2.75, 3.05) is 6.61 Å². The summed E-state index contributed by atoms with van der Waals surface area (Å²) in [4.78, 5) is 0. The van der Waals surface area contributed by atoms with Crippen molar-refractivity contribution in [2.45, 2.75) is 42.3 Å². The van der Waals surface area contributed by atoms with E-state index < -0.39 is 48.9 Å². The molecule has 24 heavy (non-hydrogen) atoms. The summed E-state index contributed by atoms with van der Waals surface area (Å²) in [5, 5.41) is 7.78.